The van der Waals surface area contributed by atoms with Crippen molar-refractivity contribution in [2.45, 2.75) is 32.8 Å². The molecule has 0 fully saturated rings. The van der Waals surface area contributed by atoms with Crippen LogP contribution in [0.15, 0.2) is 18.2 Å². The first-order chi connectivity index (χ1) is 7.66. The van der Waals surface area contributed by atoms with Crippen molar-refractivity contribution in [1.29, 1.82) is 0 Å². The van der Waals surface area contributed by atoms with Gasteiger partial charge in [-0.2, -0.15) is 0 Å². The van der Waals surface area contributed by atoms with E-state index in [4.69, 9.17) is 9.84 Å². The predicted octanol–water partition coefficient (Wildman–Crippen LogP) is 2.63. The van der Waals surface area contributed by atoms with Gasteiger partial charge >= 0.3 is 5.97 Å². The minimum Gasteiger partial charge on any atom is -0.479 e. The molecule has 1 N–H and O–H groups in total. The van der Waals surface area contributed by atoms with Gasteiger partial charge in [-0.15, -0.1) is 0 Å². The number of aryl methyl sites for hydroxylation is 1. The Kier molecular flexibility index (Phi) is 4.28. The van der Waals surface area contributed by atoms with Gasteiger partial charge < -0.3 is 9.84 Å². The molecule has 3 nitrogen and oxygen atoms in total. The summed E-state index contributed by atoms with van der Waals surface area (Å²) in [6.07, 6.45) is 0.142. The Morgan fingerprint density at radius 1 is 1.50 bits per heavy atom. The molecule has 88 valence electrons. The van der Waals surface area contributed by atoms with Gasteiger partial charge in [-0.1, -0.05) is 13.8 Å². The van der Waals surface area contributed by atoms with E-state index in [1.807, 2.05) is 13.8 Å². The van der Waals surface area contributed by atoms with Crippen LogP contribution in [-0.2, 0) is 11.2 Å². The number of hydrogen-bond donors (Lipinski definition) is 1. The maximum Gasteiger partial charge on any atom is 0.344 e. The molecular formula is C12H15FO3. The molecule has 1 aliphatic rings. The van der Waals surface area contributed by atoms with Crippen LogP contribution in [0.4, 0.5) is 4.39 Å². The van der Waals surface area contributed by atoms with Crippen molar-refractivity contribution < 1.29 is 19.0 Å². The Hall–Kier alpha value is -1.58. The number of carbonyl (C=O) groups is 1. The van der Waals surface area contributed by atoms with E-state index >= 15 is 0 Å². The summed E-state index contributed by atoms with van der Waals surface area (Å²) in [4.78, 5) is 10.6. The summed E-state index contributed by atoms with van der Waals surface area (Å²) in [6, 6.07) is 4.12. The highest BCUT2D eigenvalue weighted by molar-refractivity contribution is 5.73. The van der Waals surface area contributed by atoms with E-state index in [9.17, 15) is 9.18 Å². The maximum atomic E-state index is 12.8. The molecule has 1 aromatic rings. The zero-order valence-electron chi connectivity index (χ0n) is 9.37. The van der Waals surface area contributed by atoms with E-state index in [0.29, 0.717) is 18.6 Å². The van der Waals surface area contributed by atoms with Crippen LogP contribution >= 0.6 is 0 Å². The second-order valence-electron chi connectivity index (χ2n) is 3.24. The SMILES string of the molecule is CC.O=C(O)C1CCc2cc(F)ccc2O1. The molecule has 2 rings (SSSR count). The zero-order chi connectivity index (χ0) is 12.1. The largest absolute Gasteiger partial charge is 0.479 e. The highest BCUT2D eigenvalue weighted by Crippen LogP contribution is 2.28. The zero-order valence-corrected chi connectivity index (χ0v) is 9.37. The molecule has 0 aromatic heterocycles. The number of hydrogen-bond acceptors (Lipinski definition) is 2. The third-order valence-electron chi connectivity index (χ3n) is 2.24. The fraction of sp³-hybridized carbons (Fsp3) is 0.417. The number of rotatable bonds is 1. The van der Waals surface area contributed by atoms with Crippen LogP contribution in [0, 0.1) is 5.82 Å². The maximum absolute atomic E-state index is 12.8. The Morgan fingerprint density at radius 3 is 2.81 bits per heavy atom. The molecule has 0 aliphatic carbocycles. The Labute approximate surface area is 93.9 Å². The van der Waals surface area contributed by atoms with Gasteiger partial charge in [-0.3, -0.25) is 0 Å². The Balaban J connectivity index is 0.000000606. The molecule has 0 radical (unpaired) electrons. The summed E-state index contributed by atoms with van der Waals surface area (Å²) in [6.45, 7) is 4.00. The van der Waals surface area contributed by atoms with Crippen LogP contribution in [0.1, 0.15) is 25.8 Å². The van der Waals surface area contributed by atoms with Crippen LogP contribution in [0.2, 0.25) is 0 Å². The van der Waals surface area contributed by atoms with Crippen LogP contribution in [0.25, 0.3) is 0 Å². The van der Waals surface area contributed by atoms with Crippen molar-refractivity contribution >= 4 is 5.97 Å². The summed E-state index contributed by atoms with van der Waals surface area (Å²) >= 11 is 0. The van der Waals surface area contributed by atoms with Crippen LogP contribution < -0.4 is 4.74 Å². The molecule has 0 spiro atoms. The highest BCUT2D eigenvalue weighted by Gasteiger charge is 2.25. The predicted molar refractivity (Wildman–Crippen MR) is 58.1 cm³/mol. The number of benzene rings is 1. The Morgan fingerprint density at radius 2 is 2.19 bits per heavy atom. The molecule has 1 aliphatic heterocycles. The summed E-state index contributed by atoms with van der Waals surface area (Å²) in [5.41, 5.74) is 0.738. The molecule has 0 bridgehead atoms. The second-order valence-corrected chi connectivity index (χ2v) is 3.24. The van der Waals surface area contributed by atoms with Gasteiger partial charge in [-0.05, 0) is 36.6 Å². The average molecular weight is 226 g/mol. The summed E-state index contributed by atoms with van der Waals surface area (Å²) in [7, 11) is 0. The van der Waals surface area contributed by atoms with Crippen molar-refractivity contribution in [3.05, 3.63) is 29.6 Å². The van der Waals surface area contributed by atoms with E-state index in [0.717, 1.165) is 5.56 Å². The lowest BCUT2D eigenvalue weighted by molar-refractivity contribution is -0.145. The molecule has 1 atom stereocenters. The minimum atomic E-state index is -0.972. The lowest BCUT2D eigenvalue weighted by Crippen LogP contribution is -2.30. The fourth-order valence-electron chi connectivity index (χ4n) is 1.53. The lowest BCUT2D eigenvalue weighted by atomic mass is 10.0. The smallest absolute Gasteiger partial charge is 0.344 e. The van der Waals surface area contributed by atoms with Crippen molar-refractivity contribution in [2.24, 2.45) is 0 Å². The average Bonchev–Trinajstić information content (AvgIpc) is 2.30. The highest BCUT2D eigenvalue weighted by atomic mass is 19.1. The van der Waals surface area contributed by atoms with E-state index in [-0.39, 0.29) is 5.82 Å². The van der Waals surface area contributed by atoms with E-state index in [1.54, 1.807) is 0 Å². The molecule has 0 amide bonds. The first kappa shape index (κ1) is 12.5. The van der Waals surface area contributed by atoms with Crippen molar-refractivity contribution in [3.63, 3.8) is 0 Å². The number of carboxylic acids is 1. The number of fused-ring (bicyclic) bond motifs is 1. The van der Waals surface area contributed by atoms with Crippen LogP contribution in [0.5, 0.6) is 5.75 Å². The number of ether oxygens (including phenoxy) is 1. The first-order valence-corrected chi connectivity index (χ1v) is 5.35. The molecular weight excluding hydrogens is 211 g/mol. The van der Waals surface area contributed by atoms with Gasteiger partial charge in [0, 0.05) is 0 Å². The third-order valence-corrected chi connectivity index (χ3v) is 2.24. The molecule has 1 unspecified atom stereocenters. The first-order valence-electron chi connectivity index (χ1n) is 5.35. The van der Waals surface area contributed by atoms with Gasteiger partial charge in [0.25, 0.3) is 0 Å². The lowest BCUT2D eigenvalue weighted by Gasteiger charge is -2.22. The second kappa shape index (κ2) is 5.49. The van der Waals surface area contributed by atoms with Crippen molar-refractivity contribution in [3.8, 4) is 5.75 Å². The van der Waals surface area contributed by atoms with Gasteiger partial charge in [0.1, 0.15) is 11.6 Å². The standard InChI is InChI=1S/C10H9FO3.C2H6/c11-7-2-4-8-6(5-7)1-3-9(14-8)10(12)13;1-2/h2,4-5,9H,1,3H2,(H,12,13);1-2H3. The fourth-order valence-corrected chi connectivity index (χ4v) is 1.53. The van der Waals surface area contributed by atoms with Gasteiger partial charge in [0.15, 0.2) is 6.10 Å². The topological polar surface area (TPSA) is 46.5 Å². The van der Waals surface area contributed by atoms with Gasteiger partial charge in [0.2, 0.25) is 0 Å². The Bertz CT molecular complexity index is 377. The minimum absolute atomic E-state index is 0.318. The summed E-state index contributed by atoms with van der Waals surface area (Å²) in [5.74, 6) is -0.814. The molecule has 0 saturated carbocycles. The van der Waals surface area contributed by atoms with E-state index in [2.05, 4.69) is 0 Å². The van der Waals surface area contributed by atoms with E-state index < -0.39 is 12.1 Å². The number of halogens is 1. The van der Waals surface area contributed by atoms with Crippen molar-refractivity contribution in [2.75, 3.05) is 0 Å². The molecule has 1 heterocycles. The quantitative estimate of drug-likeness (QED) is 0.800. The monoisotopic (exact) mass is 226 g/mol. The number of carboxylic acid groups (broad SMARTS) is 1. The molecule has 1 aromatic carbocycles. The molecule has 0 saturated heterocycles. The van der Waals surface area contributed by atoms with Crippen LogP contribution in [0.3, 0.4) is 0 Å². The van der Waals surface area contributed by atoms with Gasteiger partial charge in [-0.25, -0.2) is 9.18 Å². The van der Waals surface area contributed by atoms with Crippen LogP contribution in [-0.4, -0.2) is 17.2 Å². The molecule has 4 heteroatoms. The normalized spacial score (nSPS) is 17.6. The van der Waals surface area contributed by atoms with Gasteiger partial charge in [0.05, 0.1) is 0 Å². The summed E-state index contributed by atoms with van der Waals surface area (Å²) < 4.78 is 18.0. The third kappa shape index (κ3) is 2.72. The summed E-state index contributed by atoms with van der Waals surface area (Å²) in [5, 5.41) is 8.72. The number of aliphatic carboxylic acids is 1. The molecule has 16 heavy (non-hydrogen) atoms. The van der Waals surface area contributed by atoms with Crippen molar-refractivity contribution in [1.82, 2.24) is 0 Å². The van der Waals surface area contributed by atoms with E-state index in [1.165, 1.54) is 18.2 Å².